The zero-order valence-electron chi connectivity index (χ0n) is 10.4. The molecule has 5 heteroatoms. The predicted octanol–water partition coefficient (Wildman–Crippen LogP) is 3.12. The Morgan fingerprint density at radius 2 is 1.75 bits per heavy atom. The van der Waals surface area contributed by atoms with E-state index < -0.39 is 9.84 Å². The molecule has 98 valence electrons. The van der Waals surface area contributed by atoms with Crippen molar-refractivity contribution in [2.75, 3.05) is 5.32 Å². The van der Waals surface area contributed by atoms with Gasteiger partial charge in [-0.05, 0) is 24.3 Å². The molecule has 0 aliphatic carbocycles. The predicted molar refractivity (Wildman–Crippen MR) is 76.9 cm³/mol. The average Bonchev–Trinajstić information content (AvgIpc) is 2.47. The van der Waals surface area contributed by atoms with Gasteiger partial charge in [0, 0.05) is 11.6 Å². The molecule has 20 heavy (non-hydrogen) atoms. The molecule has 0 bridgehead atoms. The first-order valence-corrected chi connectivity index (χ1v) is 7.65. The topological polar surface area (TPSA) is 59.1 Å². The Labute approximate surface area is 116 Å². The number of anilines is 2. The lowest BCUT2D eigenvalue weighted by atomic mass is 10.2. The second-order valence-corrected chi connectivity index (χ2v) is 6.52. The van der Waals surface area contributed by atoms with Crippen molar-refractivity contribution in [2.45, 2.75) is 9.79 Å². The van der Waals surface area contributed by atoms with E-state index in [9.17, 15) is 8.42 Å². The van der Waals surface area contributed by atoms with E-state index in [1.165, 1.54) is 0 Å². The second kappa shape index (κ2) is 3.80. The van der Waals surface area contributed by atoms with Crippen LogP contribution in [0.15, 0.2) is 64.5 Å². The van der Waals surface area contributed by atoms with Crippen LogP contribution in [0.25, 0.3) is 10.9 Å². The van der Waals surface area contributed by atoms with Crippen LogP contribution in [0.3, 0.4) is 0 Å². The third-order valence-electron chi connectivity index (χ3n) is 3.46. The van der Waals surface area contributed by atoms with E-state index in [1.54, 1.807) is 36.5 Å². The van der Waals surface area contributed by atoms with Crippen LogP contribution in [0.2, 0.25) is 0 Å². The first kappa shape index (κ1) is 11.4. The van der Waals surface area contributed by atoms with Crippen molar-refractivity contribution < 1.29 is 8.42 Å². The van der Waals surface area contributed by atoms with Gasteiger partial charge in [0.2, 0.25) is 9.84 Å². The molecule has 1 aliphatic heterocycles. The van der Waals surface area contributed by atoms with Gasteiger partial charge in [0.1, 0.15) is 0 Å². The van der Waals surface area contributed by atoms with Crippen molar-refractivity contribution in [3.63, 3.8) is 0 Å². The molecule has 1 aromatic heterocycles. The highest BCUT2D eigenvalue weighted by molar-refractivity contribution is 7.92. The van der Waals surface area contributed by atoms with E-state index in [0.29, 0.717) is 21.8 Å². The summed E-state index contributed by atoms with van der Waals surface area (Å²) in [5.74, 6) is 0. The summed E-state index contributed by atoms with van der Waals surface area (Å²) in [6.45, 7) is 0. The lowest BCUT2D eigenvalue weighted by Crippen LogP contribution is -2.14. The quantitative estimate of drug-likeness (QED) is 0.538. The van der Waals surface area contributed by atoms with E-state index in [-0.39, 0.29) is 4.90 Å². The van der Waals surface area contributed by atoms with E-state index in [1.807, 2.05) is 18.2 Å². The van der Waals surface area contributed by atoms with E-state index >= 15 is 0 Å². The van der Waals surface area contributed by atoms with Crippen LogP contribution >= 0.6 is 0 Å². The standard InChI is InChI=1S/C15H10N2O2S/c18-20(19)12-6-2-1-5-11(12)17-15-13(20)8-7-10-4-3-9-16-14(10)15/h1-9,17H. The zero-order valence-corrected chi connectivity index (χ0v) is 11.2. The Balaban J connectivity index is 2.14. The van der Waals surface area contributed by atoms with Gasteiger partial charge in [-0.3, -0.25) is 4.98 Å². The largest absolute Gasteiger partial charge is 0.352 e. The number of benzene rings is 2. The minimum atomic E-state index is -3.50. The molecule has 0 amide bonds. The smallest absolute Gasteiger partial charge is 0.210 e. The van der Waals surface area contributed by atoms with E-state index in [0.717, 1.165) is 5.39 Å². The van der Waals surface area contributed by atoms with Crippen molar-refractivity contribution >= 4 is 32.1 Å². The Hall–Kier alpha value is -2.40. The molecule has 1 aliphatic rings. The molecule has 2 aromatic carbocycles. The van der Waals surface area contributed by atoms with Gasteiger partial charge in [-0.2, -0.15) is 0 Å². The molecular weight excluding hydrogens is 272 g/mol. The van der Waals surface area contributed by atoms with Gasteiger partial charge in [-0.15, -0.1) is 0 Å². The van der Waals surface area contributed by atoms with Gasteiger partial charge < -0.3 is 5.32 Å². The van der Waals surface area contributed by atoms with Crippen LogP contribution in [-0.4, -0.2) is 13.4 Å². The highest BCUT2D eigenvalue weighted by Gasteiger charge is 2.30. The van der Waals surface area contributed by atoms with Gasteiger partial charge in [-0.1, -0.05) is 24.3 Å². The molecule has 1 N–H and O–H groups in total. The third kappa shape index (κ3) is 1.41. The normalized spacial score (nSPS) is 15.2. The molecular formula is C15H10N2O2S. The molecule has 0 saturated heterocycles. The highest BCUT2D eigenvalue weighted by Crippen LogP contribution is 2.41. The number of hydrogen-bond acceptors (Lipinski definition) is 4. The van der Waals surface area contributed by atoms with E-state index in [4.69, 9.17) is 0 Å². The number of nitrogens with zero attached hydrogens (tertiary/aromatic N) is 1. The average molecular weight is 282 g/mol. The molecule has 3 aromatic rings. The number of aromatic nitrogens is 1. The Bertz CT molecular complexity index is 949. The Morgan fingerprint density at radius 3 is 2.65 bits per heavy atom. The second-order valence-electron chi connectivity index (χ2n) is 4.64. The van der Waals surface area contributed by atoms with Crippen molar-refractivity contribution in [1.82, 2.24) is 4.98 Å². The molecule has 0 saturated carbocycles. The summed E-state index contributed by atoms with van der Waals surface area (Å²) in [4.78, 5) is 4.89. The maximum absolute atomic E-state index is 12.7. The number of nitrogens with one attached hydrogen (secondary N) is 1. The van der Waals surface area contributed by atoms with Gasteiger partial charge >= 0.3 is 0 Å². The van der Waals surface area contributed by atoms with E-state index in [2.05, 4.69) is 10.3 Å². The minimum Gasteiger partial charge on any atom is -0.352 e. The fourth-order valence-electron chi connectivity index (χ4n) is 2.53. The number of para-hydroxylation sites is 1. The van der Waals surface area contributed by atoms with Crippen LogP contribution in [0, 0.1) is 0 Å². The molecule has 0 spiro atoms. The summed E-state index contributed by atoms with van der Waals surface area (Å²) in [5.41, 5.74) is 1.82. The summed E-state index contributed by atoms with van der Waals surface area (Å²) in [6.07, 6.45) is 1.66. The maximum atomic E-state index is 12.7. The fraction of sp³-hybridized carbons (Fsp3) is 0. The van der Waals surface area contributed by atoms with Crippen LogP contribution in [0.5, 0.6) is 0 Å². The first-order valence-electron chi connectivity index (χ1n) is 6.17. The number of pyridine rings is 1. The number of rotatable bonds is 0. The molecule has 0 fully saturated rings. The maximum Gasteiger partial charge on any atom is 0.210 e. The van der Waals surface area contributed by atoms with Crippen molar-refractivity contribution in [3.05, 3.63) is 54.7 Å². The summed E-state index contributed by atoms with van der Waals surface area (Å²) in [7, 11) is -3.50. The zero-order chi connectivity index (χ0) is 13.7. The third-order valence-corrected chi connectivity index (χ3v) is 5.32. The van der Waals surface area contributed by atoms with Crippen molar-refractivity contribution in [1.29, 1.82) is 0 Å². The molecule has 0 radical (unpaired) electrons. The minimum absolute atomic E-state index is 0.280. The SMILES string of the molecule is O=S1(=O)c2ccccc2Nc2c1ccc1cccnc21. The summed E-state index contributed by atoms with van der Waals surface area (Å²) in [5, 5.41) is 4.11. The lowest BCUT2D eigenvalue weighted by molar-refractivity contribution is 0.596. The molecule has 4 nitrogen and oxygen atoms in total. The molecule has 0 atom stereocenters. The van der Waals surface area contributed by atoms with Crippen LogP contribution < -0.4 is 5.32 Å². The monoisotopic (exact) mass is 282 g/mol. The summed E-state index contributed by atoms with van der Waals surface area (Å²) >= 11 is 0. The Morgan fingerprint density at radius 1 is 0.900 bits per heavy atom. The fourth-order valence-corrected chi connectivity index (χ4v) is 4.10. The number of fused-ring (bicyclic) bond motifs is 4. The van der Waals surface area contributed by atoms with Gasteiger partial charge in [0.25, 0.3) is 0 Å². The van der Waals surface area contributed by atoms with Crippen molar-refractivity contribution in [3.8, 4) is 0 Å². The molecule has 0 unspecified atom stereocenters. The van der Waals surface area contributed by atoms with Crippen LogP contribution in [0.4, 0.5) is 11.4 Å². The van der Waals surface area contributed by atoms with Gasteiger partial charge in [-0.25, -0.2) is 8.42 Å². The summed E-state index contributed by atoms with van der Waals surface area (Å²) < 4.78 is 25.3. The van der Waals surface area contributed by atoms with Crippen molar-refractivity contribution in [2.24, 2.45) is 0 Å². The highest BCUT2D eigenvalue weighted by atomic mass is 32.2. The number of hydrogen-bond donors (Lipinski definition) is 1. The Kier molecular flexibility index (Phi) is 2.17. The first-order chi connectivity index (χ1) is 9.68. The molecule has 4 rings (SSSR count). The van der Waals surface area contributed by atoms with Gasteiger partial charge in [0.15, 0.2) is 0 Å². The van der Waals surface area contributed by atoms with Crippen LogP contribution in [-0.2, 0) is 9.84 Å². The van der Waals surface area contributed by atoms with Gasteiger partial charge in [0.05, 0.1) is 26.7 Å². The van der Waals surface area contributed by atoms with Crippen LogP contribution in [0.1, 0.15) is 0 Å². The molecule has 2 heterocycles. The summed E-state index contributed by atoms with van der Waals surface area (Å²) in [6, 6.07) is 14.1. The lowest BCUT2D eigenvalue weighted by Gasteiger charge is -2.22. The number of sulfone groups is 1.